The molecule has 2 heterocycles. The zero-order valence-electron chi connectivity index (χ0n) is 11.7. The van der Waals surface area contributed by atoms with Crippen LogP contribution < -0.4 is 0 Å². The van der Waals surface area contributed by atoms with Crippen molar-refractivity contribution in [2.45, 2.75) is 38.5 Å². The van der Waals surface area contributed by atoms with E-state index in [1.807, 2.05) is 0 Å². The molecule has 0 radical (unpaired) electrons. The first-order chi connectivity index (χ1) is 10.2. The molecule has 0 bridgehead atoms. The van der Waals surface area contributed by atoms with E-state index in [9.17, 15) is 28.8 Å². The molecule has 1 N–H and O–H groups in total. The van der Waals surface area contributed by atoms with Crippen molar-refractivity contribution in [2.75, 3.05) is 0 Å². The van der Waals surface area contributed by atoms with Crippen LogP contribution in [0.4, 0.5) is 14.5 Å². The fourth-order valence-corrected chi connectivity index (χ4v) is 2.08. The van der Waals surface area contributed by atoms with Crippen molar-refractivity contribution in [3.8, 4) is 0 Å². The van der Waals surface area contributed by atoms with E-state index < -0.39 is 35.4 Å². The summed E-state index contributed by atoms with van der Waals surface area (Å²) in [6, 6.07) is -1.14. The lowest BCUT2D eigenvalue weighted by Crippen LogP contribution is -2.53. The van der Waals surface area contributed by atoms with Gasteiger partial charge in [0, 0.05) is 12.1 Å². The lowest BCUT2D eigenvalue weighted by Gasteiger charge is -2.31. The van der Waals surface area contributed by atoms with Gasteiger partial charge in [-0.25, -0.2) is 8.78 Å². The number of rotatable bonds is 4. The monoisotopic (exact) mass is 317 g/mol. The van der Waals surface area contributed by atoms with Crippen LogP contribution in [0.5, 0.6) is 0 Å². The first-order valence-corrected chi connectivity index (χ1v) is 6.24. The Morgan fingerprint density at radius 2 is 2.23 bits per heavy atom. The SMILES string of the molecule is CC1=NN(C(=O)[C@H](C)n2cc([N+](=O)[O-])cn2)[C@@](O)(C(F)F)C1. The van der Waals surface area contributed by atoms with Crippen molar-refractivity contribution in [3.05, 3.63) is 22.5 Å². The smallest absolute Gasteiger partial charge is 0.307 e. The first-order valence-electron chi connectivity index (χ1n) is 6.24. The predicted octanol–water partition coefficient (Wildman–Crippen LogP) is 0.914. The molecule has 9 nitrogen and oxygen atoms in total. The van der Waals surface area contributed by atoms with Crippen LogP contribution in [0.15, 0.2) is 17.5 Å². The summed E-state index contributed by atoms with van der Waals surface area (Å²) in [5.74, 6) is -0.947. The maximum absolute atomic E-state index is 13.1. The van der Waals surface area contributed by atoms with Crippen LogP contribution in [0.2, 0.25) is 0 Å². The molecule has 1 aliphatic heterocycles. The topological polar surface area (TPSA) is 114 Å². The van der Waals surface area contributed by atoms with Gasteiger partial charge in [-0.2, -0.15) is 15.2 Å². The number of carbonyl (C=O) groups excluding carboxylic acids is 1. The normalized spacial score (nSPS) is 22.8. The minimum atomic E-state index is -3.21. The Balaban J connectivity index is 2.27. The number of alkyl halides is 2. The molecule has 0 saturated carbocycles. The van der Waals surface area contributed by atoms with Gasteiger partial charge >= 0.3 is 5.69 Å². The van der Waals surface area contributed by atoms with E-state index in [4.69, 9.17) is 0 Å². The Hall–Kier alpha value is -2.43. The zero-order valence-corrected chi connectivity index (χ0v) is 11.7. The molecule has 0 fully saturated rings. The molecular formula is C11H13F2N5O4. The van der Waals surface area contributed by atoms with Gasteiger partial charge in [0.15, 0.2) is 0 Å². The summed E-state index contributed by atoms with van der Waals surface area (Å²) < 4.78 is 27.1. The maximum Gasteiger partial charge on any atom is 0.307 e. The Morgan fingerprint density at radius 3 is 2.73 bits per heavy atom. The van der Waals surface area contributed by atoms with E-state index in [2.05, 4.69) is 10.2 Å². The maximum atomic E-state index is 13.1. The Labute approximate surface area is 123 Å². The lowest BCUT2D eigenvalue weighted by atomic mass is 10.1. The highest BCUT2D eigenvalue weighted by Crippen LogP contribution is 2.33. The van der Waals surface area contributed by atoms with Gasteiger partial charge < -0.3 is 5.11 Å². The number of carbonyl (C=O) groups is 1. The van der Waals surface area contributed by atoms with Crippen LogP contribution in [0.1, 0.15) is 26.3 Å². The molecule has 11 heteroatoms. The Bertz CT molecular complexity index is 646. The van der Waals surface area contributed by atoms with Crippen molar-refractivity contribution in [1.82, 2.24) is 14.8 Å². The van der Waals surface area contributed by atoms with Crippen LogP contribution >= 0.6 is 0 Å². The van der Waals surface area contributed by atoms with E-state index in [-0.39, 0.29) is 11.4 Å². The summed E-state index contributed by atoms with van der Waals surface area (Å²) in [6.45, 7) is 2.72. The molecule has 1 aliphatic rings. The number of amides is 1. The van der Waals surface area contributed by atoms with Crippen LogP contribution in [-0.2, 0) is 4.79 Å². The molecule has 1 aromatic rings. The molecule has 1 aromatic heterocycles. The molecule has 0 unspecified atom stereocenters. The molecule has 120 valence electrons. The van der Waals surface area contributed by atoms with E-state index in [0.29, 0.717) is 5.01 Å². The van der Waals surface area contributed by atoms with Gasteiger partial charge in [0.2, 0.25) is 5.72 Å². The van der Waals surface area contributed by atoms with Crippen LogP contribution in [0.3, 0.4) is 0 Å². The summed E-state index contributed by atoms with van der Waals surface area (Å²) in [4.78, 5) is 22.2. The van der Waals surface area contributed by atoms with Gasteiger partial charge in [0.1, 0.15) is 18.4 Å². The number of hydrogen-bond donors (Lipinski definition) is 1. The quantitative estimate of drug-likeness (QED) is 0.655. The van der Waals surface area contributed by atoms with Gasteiger partial charge in [-0.05, 0) is 13.8 Å². The molecular weight excluding hydrogens is 304 g/mol. The Kier molecular flexibility index (Phi) is 3.92. The first kappa shape index (κ1) is 15.9. The van der Waals surface area contributed by atoms with Crippen LogP contribution in [-0.4, -0.2) is 48.6 Å². The van der Waals surface area contributed by atoms with Crippen molar-refractivity contribution < 1.29 is 23.6 Å². The third-order valence-corrected chi connectivity index (χ3v) is 3.26. The second-order valence-corrected chi connectivity index (χ2v) is 4.95. The molecule has 1 amide bonds. The molecule has 22 heavy (non-hydrogen) atoms. The number of hydrazone groups is 1. The molecule has 0 aromatic carbocycles. The van der Waals surface area contributed by atoms with E-state index >= 15 is 0 Å². The van der Waals surface area contributed by atoms with Gasteiger partial charge in [0.25, 0.3) is 12.3 Å². The van der Waals surface area contributed by atoms with E-state index in [1.165, 1.54) is 13.8 Å². The highest BCUT2D eigenvalue weighted by molar-refractivity contribution is 5.90. The summed E-state index contributed by atoms with van der Waals surface area (Å²) in [5, 5.41) is 28.2. The molecule has 2 rings (SSSR count). The minimum Gasteiger partial charge on any atom is -0.364 e. The van der Waals surface area contributed by atoms with Gasteiger partial charge in [-0.15, -0.1) is 0 Å². The summed E-state index contributed by atoms with van der Waals surface area (Å²) in [5.41, 5.74) is -2.88. The summed E-state index contributed by atoms with van der Waals surface area (Å²) >= 11 is 0. The third-order valence-electron chi connectivity index (χ3n) is 3.26. The average Bonchev–Trinajstić information content (AvgIpc) is 3.02. The minimum absolute atomic E-state index is 0.176. The Morgan fingerprint density at radius 1 is 1.59 bits per heavy atom. The number of halogens is 2. The zero-order chi connectivity index (χ0) is 16.7. The van der Waals surface area contributed by atoms with Gasteiger partial charge in [0.05, 0.1) is 4.92 Å². The predicted molar refractivity (Wildman–Crippen MR) is 69.1 cm³/mol. The fourth-order valence-electron chi connectivity index (χ4n) is 2.08. The van der Waals surface area contributed by atoms with Crippen molar-refractivity contribution >= 4 is 17.3 Å². The van der Waals surface area contributed by atoms with Gasteiger partial charge in [-0.3, -0.25) is 19.6 Å². The number of aromatic nitrogens is 2. The average molecular weight is 317 g/mol. The van der Waals surface area contributed by atoms with Crippen molar-refractivity contribution in [2.24, 2.45) is 5.10 Å². The number of hydrogen-bond acceptors (Lipinski definition) is 6. The van der Waals surface area contributed by atoms with Gasteiger partial charge in [-0.1, -0.05) is 0 Å². The van der Waals surface area contributed by atoms with E-state index in [1.54, 1.807) is 0 Å². The summed E-state index contributed by atoms with van der Waals surface area (Å²) in [7, 11) is 0. The standard InChI is InChI=1S/C11H13F2N5O4/c1-6-3-11(20,10(12)13)17(15-6)9(19)7(2)16-5-8(4-14-16)18(21)22/h4-5,7,10,20H,3H2,1-2H3/t7-,11-/m0/s1. The highest BCUT2D eigenvalue weighted by Gasteiger charge is 2.51. The van der Waals surface area contributed by atoms with Crippen LogP contribution in [0, 0.1) is 10.1 Å². The third kappa shape index (κ3) is 2.54. The lowest BCUT2D eigenvalue weighted by molar-refractivity contribution is -0.385. The molecule has 2 atom stereocenters. The summed E-state index contributed by atoms with van der Waals surface area (Å²) in [6.07, 6.45) is -1.75. The molecule has 0 spiro atoms. The second kappa shape index (κ2) is 5.40. The second-order valence-electron chi connectivity index (χ2n) is 4.95. The van der Waals surface area contributed by atoms with Crippen molar-refractivity contribution in [1.29, 1.82) is 0 Å². The van der Waals surface area contributed by atoms with Crippen molar-refractivity contribution in [3.63, 3.8) is 0 Å². The number of aliphatic hydroxyl groups is 1. The van der Waals surface area contributed by atoms with Crippen LogP contribution in [0.25, 0.3) is 0 Å². The van der Waals surface area contributed by atoms with E-state index in [0.717, 1.165) is 17.1 Å². The number of nitrogens with zero attached hydrogens (tertiary/aromatic N) is 5. The molecule has 0 aliphatic carbocycles. The molecule has 0 saturated heterocycles. The fraction of sp³-hybridized carbons (Fsp3) is 0.545. The largest absolute Gasteiger partial charge is 0.364 e. The highest BCUT2D eigenvalue weighted by atomic mass is 19.3. The number of nitro groups is 1.